The van der Waals surface area contributed by atoms with Crippen LogP contribution in [0.3, 0.4) is 0 Å². The van der Waals surface area contributed by atoms with E-state index in [1.54, 1.807) is 0 Å². The molecule has 1 amide bonds. The molecule has 0 aliphatic carbocycles. The number of nitrogens with one attached hydrogen (secondary N) is 2. The Morgan fingerprint density at radius 2 is 2.11 bits per heavy atom. The Hall–Kier alpha value is -1.59. The van der Waals surface area contributed by atoms with Gasteiger partial charge in [-0.2, -0.15) is 0 Å². The highest BCUT2D eigenvalue weighted by atomic mass is 32.1. The Bertz CT molecular complexity index is 565. The van der Waals surface area contributed by atoms with E-state index in [1.807, 2.05) is 24.3 Å². The Kier molecular flexibility index (Phi) is 4.76. The number of anilines is 1. The Morgan fingerprint density at radius 3 is 2.84 bits per heavy atom. The standard InChI is InChI=1S/C14H19N3OS/c1-2-16-8-5-9-17-14(18)13-12(15)10-6-3-4-7-11(10)19-13/h3-4,6-7,16H,2,5,8-9,15H2,1H3,(H,17,18). The van der Waals surface area contributed by atoms with E-state index in [1.165, 1.54) is 11.3 Å². The van der Waals surface area contributed by atoms with Crippen LogP contribution in [0.5, 0.6) is 0 Å². The number of thiophene rings is 1. The number of rotatable bonds is 6. The molecule has 102 valence electrons. The first-order valence-electron chi connectivity index (χ1n) is 6.50. The van der Waals surface area contributed by atoms with Crippen LogP contribution in [0.1, 0.15) is 23.0 Å². The van der Waals surface area contributed by atoms with E-state index in [0.717, 1.165) is 29.6 Å². The van der Waals surface area contributed by atoms with E-state index < -0.39 is 0 Å². The number of nitrogens with two attached hydrogens (primary N) is 1. The number of carbonyl (C=O) groups excluding carboxylic acids is 1. The van der Waals surface area contributed by atoms with E-state index in [-0.39, 0.29) is 5.91 Å². The summed E-state index contributed by atoms with van der Waals surface area (Å²) in [4.78, 5) is 12.7. The van der Waals surface area contributed by atoms with Crippen molar-refractivity contribution in [2.24, 2.45) is 0 Å². The van der Waals surface area contributed by atoms with E-state index in [4.69, 9.17) is 5.73 Å². The lowest BCUT2D eigenvalue weighted by molar-refractivity contribution is 0.0958. The summed E-state index contributed by atoms with van der Waals surface area (Å²) in [7, 11) is 0. The van der Waals surface area contributed by atoms with Crippen molar-refractivity contribution in [3.63, 3.8) is 0 Å². The number of hydrogen-bond donors (Lipinski definition) is 3. The van der Waals surface area contributed by atoms with Gasteiger partial charge in [0.25, 0.3) is 5.91 Å². The number of nitrogen functional groups attached to an aromatic ring is 1. The highest BCUT2D eigenvalue weighted by Crippen LogP contribution is 2.33. The summed E-state index contributed by atoms with van der Waals surface area (Å²) < 4.78 is 1.05. The van der Waals surface area contributed by atoms with Gasteiger partial charge in [0.1, 0.15) is 4.88 Å². The molecule has 4 N–H and O–H groups in total. The molecule has 0 aliphatic heterocycles. The summed E-state index contributed by atoms with van der Waals surface area (Å²) in [6, 6.07) is 7.82. The lowest BCUT2D eigenvalue weighted by Gasteiger charge is -2.04. The molecule has 5 heteroatoms. The maximum Gasteiger partial charge on any atom is 0.263 e. The van der Waals surface area contributed by atoms with Crippen LogP contribution in [-0.2, 0) is 0 Å². The van der Waals surface area contributed by atoms with Crippen LogP contribution >= 0.6 is 11.3 Å². The number of benzene rings is 1. The molecule has 0 saturated carbocycles. The van der Waals surface area contributed by atoms with Gasteiger partial charge in [0.05, 0.1) is 5.69 Å². The van der Waals surface area contributed by atoms with Gasteiger partial charge in [0.15, 0.2) is 0 Å². The maximum atomic E-state index is 12.1. The van der Waals surface area contributed by atoms with Gasteiger partial charge >= 0.3 is 0 Å². The van der Waals surface area contributed by atoms with Crippen molar-refractivity contribution in [1.82, 2.24) is 10.6 Å². The minimum absolute atomic E-state index is 0.0739. The second kappa shape index (κ2) is 6.54. The van der Waals surface area contributed by atoms with Crippen molar-refractivity contribution in [3.05, 3.63) is 29.1 Å². The van der Waals surface area contributed by atoms with E-state index in [0.29, 0.717) is 17.1 Å². The summed E-state index contributed by atoms with van der Waals surface area (Å²) in [5, 5.41) is 7.10. The minimum atomic E-state index is -0.0739. The van der Waals surface area contributed by atoms with E-state index in [9.17, 15) is 4.79 Å². The molecule has 2 aromatic rings. The van der Waals surface area contributed by atoms with Crippen LogP contribution < -0.4 is 16.4 Å². The normalized spacial score (nSPS) is 10.8. The average molecular weight is 277 g/mol. The predicted molar refractivity (Wildman–Crippen MR) is 81.7 cm³/mol. The molecule has 0 unspecified atom stereocenters. The van der Waals surface area contributed by atoms with Crippen LogP contribution in [0.4, 0.5) is 5.69 Å². The predicted octanol–water partition coefficient (Wildman–Crippen LogP) is 2.21. The third-order valence-electron chi connectivity index (χ3n) is 2.91. The first kappa shape index (κ1) is 13.8. The number of carbonyl (C=O) groups is 1. The first-order chi connectivity index (χ1) is 9.24. The minimum Gasteiger partial charge on any atom is -0.397 e. The van der Waals surface area contributed by atoms with Gasteiger partial charge in [-0.15, -0.1) is 11.3 Å². The molecule has 0 saturated heterocycles. The van der Waals surface area contributed by atoms with Gasteiger partial charge in [-0.25, -0.2) is 0 Å². The van der Waals surface area contributed by atoms with Gasteiger partial charge in [-0.1, -0.05) is 25.1 Å². The largest absolute Gasteiger partial charge is 0.397 e. The fourth-order valence-electron chi connectivity index (χ4n) is 1.91. The molecule has 0 fully saturated rings. The van der Waals surface area contributed by atoms with Gasteiger partial charge < -0.3 is 16.4 Å². The zero-order valence-corrected chi connectivity index (χ0v) is 11.8. The third kappa shape index (κ3) is 3.24. The van der Waals surface area contributed by atoms with Crippen LogP contribution in [0.15, 0.2) is 24.3 Å². The van der Waals surface area contributed by atoms with Crippen LogP contribution in [0.2, 0.25) is 0 Å². The zero-order chi connectivity index (χ0) is 13.7. The van der Waals surface area contributed by atoms with Crippen molar-refractivity contribution in [2.75, 3.05) is 25.4 Å². The highest BCUT2D eigenvalue weighted by Gasteiger charge is 2.15. The number of fused-ring (bicyclic) bond motifs is 1. The van der Waals surface area contributed by atoms with Crippen molar-refractivity contribution in [3.8, 4) is 0 Å². The fourth-order valence-corrected chi connectivity index (χ4v) is 2.95. The number of amides is 1. The monoisotopic (exact) mass is 277 g/mol. The molecular weight excluding hydrogens is 258 g/mol. The topological polar surface area (TPSA) is 67.1 Å². The quantitative estimate of drug-likeness (QED) is 0.709. The van der Waals surface area contributed by atoms with E-state index in [2.05, 4.69) is 17.6 Å². The lowest BCUT2D eigenvalue weighted by Crippen LogP contribution is -2.27. The lowest BCUT2D eigenvalue weighted by atomic mass is 10.2. The summed E-state index contributed by atoms with van der Waals surface area (Å²) in [6.45, 7) is 4.60. The summed E-state index contributed by atoms with van der Waals surface area (Å²) in [6.07, 6.45) is 0.921. The van der Waals surface area contributed by atoms with E-state index >= 15 is 0 Å². The van der Waals surface area contributed by atoms with Crippen molar-refractivity contribution >= 4 is 33.0 Å². The van der Waals surface area contributed by atoms with Crippen molar-refractivity contribution < 1.29 is 4.79 Å². The molecule has 4 nitrogen and oxygen atoms in total. The molecule has 0 radical (unpaired) electrons. The summed E-state index contributed by atoms with van der Waals surface area (Å²) >= 11 is 1.45. The van der Waals surface area contributed by atoms with Crippen molar-refractivity contribution in [1.29, 1.82) is 0 Å². The molecular formula is C14H19N3OS. The third-order valence-corrected chi connectivity index (χ3v) is 4.09. The fraction of sp³-hybridized carbons (Fsp3) is 0.357. The molecule has 0 bridgehead atoms. The molecule has 19 heavy (non-hydrogen) atoms. The smallest absolute Gasteiger partial charge is 0.263 e. The first-order valence-corrected chi connectivity index (χ1v) is 7.31. The second-order valence-electron chi connectivity index (χ2n) is 4.30. The molecule has 1 aromatic carbocycles. The summed E-state index contributed by atoms with van der Waals surface area (Å²) in [5.41, 5.74) is 6.62. The molecule has 0 spiro atoms. The molecule has 0 atom stereocenters. The highest BCUT2D eigenvalue weighted by molar-refractivity contribution is 7.21. The zero-order valence-electron chi connectivity index (χ0n) is 11.0. The molecule has 1 heterocycles. The average Bonchev–Trinajstić information content (AvgIpc) is 2.76. The van der Waals surface area contributed by atoms with Gasteiger partial charge in [0, 0.05) is 16.6 Å². The molecule has 1 aromatic heterocycles. The molecule has 2 rings (SSSR count). The maximum absolute atomic E-state index is 12.1. The second-order valence-corrected chi connectivity index (χ2v) is 5.36. The Balaban J connectivity index is 1.99. The van der Waals surface area contributed by atoms with Gasteiger partial charge in [-0.05, 0) is 25.6 Å². The Labute approximate surface area is 117 Å². The van der Waals surface area contributed by atoms with Crippen molar-refractivity contribution in [2.45, 2.75) is 13.3 Å². The van der Waals surface area contributed by atoms with Crippen LogP contribution in [0.25, 0.3) is 10.1 Å². The van der Waals surface area contributed by atoms with Gasteiger partial charge in [-0.3, -0.25) is 4.79 Å². The van der Waals surface area contributed by atoms with Crippen LogP contribution in [-0.4, -0.2) is 25.5 Å². The molecule has 0 aliphatic rings. The SMILES string of the molecule is CCNCCCNC(=O)c1sc2ccccc2c1N. The summed E-state index contributed by atoms with van der Waals surface area (Å²) in [5.74, 6) is -0.0739. The number of hydrogen-bond acceptors (Lipinski definition) is 4. The Morgan fingerprint density at radius 1 is 1.32 bits per heavy atom. The van der Waals surface area contributed by atoms with Crippen LogP contribution in [0, 0.1) is 0 Å². The van der Waals surface area contributed by atoms with Gasteiger partial charge in [0.2, 0.25) is 0 Å².